The molecule has 0 atom stereocenters. The Bertz CT molecular complexity index is 8330. The summed E-state index contributed by atoms with van der Waals surface area (Å²) in [4.78, 5) is 9.78. The van der Waals surface area contributed by atoms with Crippen LogP contribution in [0.15, 0.2) is 495 Å². The van der Waals surface area contributed by atoms with Crippen molar-refractivity contribution < 1.29 is 0 Å². The van der Waals surface area contributed by atoms with E-state index in [0.29, 0.717) is 0 Å². The molecule has 0 saturated carbocycles. The SMILES string of the molecule is CC(C)(C)N(c1ccc(-c2ccccc2)cc1)c1ccc(-c2ccccc2)cc1-c1ccccc1.CC(C)(C)c1ccc(-c2ccc3c(c2)c2ccccc2n3-c2ccccc2)cc1.CC(C)(C)c1ccc(N2c3ccccc3Sc3ccccc32)cc1.CC(C)(C)c1ccc2c(c1)C(C)(C)c1cc(N(c3ccccc3)c3ccccc3)ccc1-2.CC(C)(C)c1ccc2c(c1)c1ccccc1n2-c1ccc2ccccc2c1. The Balaban J connectivity index is 0.000000112. The predicted molar refractivity (Wildman–Crippen MR) is 634 cm³/mol. The smallest absolute Gasteiger partial charge is 0.0601 e. The molecule has 5 nitrogen and oxygen atoms in total. The molecule has 0 unspecified atom stereocenters. The molecule has 3 heterocycles. The normalized spacial score (nSPS) is 12.5. The van der Waals surface area contributed by atoms with Crippen molar-refractivity contribution in [3.05, 3.63) is 519 Å². The Morgan fingerprint density at radius 1 is 0.224 bits per heavy atom. The first-order valence-corrected chi connectivity index (χ1v) is 52.6. The minimum absolute atomic E-state index is 0.0407. The van der Waals surface area contributed by atoms with Crippen LogP contribution in [0.1, 0.15) is 151 Å². The highest BCUT2D eigenvalue weighted by atomic mass is 32.2. The number of aromatic nitrogens is 2. The number of hydrogen-bond donors (Lipinski definition) is 0. The first-order chi connectivity index (χ1) is 70.8. The highest BCUT2D eigenvalue weighted by molar-refractivity contribution is 7.99. The Morgan fingerprint density at radius 3 is 1.14 bits per heavy atom. The van der Waals surface area contributed by atoms with Crippen molar-refractivity contribution in [1.29, 1.82) is 0 Å². The Kier molecular flexibility index (Phi) is 27.4. The molecule has 2 aliphatic rings. The first kappa shape index (κ1) is 98.4. The molecule has 1 aliphatic heterocycles. The van der Waals surface area contributed by atoms with Gasteiger partial charge in [-0.25, -0.2) is 0 Å². The monoisotopic (exact) mass is 1930 g/mol. The van der Waals surface area contributed by atoms with E-state index in [1.807, 2.05) is 11.8 Å². The fraction of sp³-hybridized carbons (Fsp3) is 0.163. The standard InChI is InChI=1S/C34H31N.C31H31N.C28H25N.C26H23N.C22H21NS/c1-34(2,3)35(31-22-19-28(20-23-31)26-13-7-4-8-14-26)33-24-21-30(27-15-9-5-10-16-27)25-32(33)29-17-11-6-12-18-29;1-30(2,3)22-16-18-26-27-19-17-25(21-29(27)31(4,5)28(26)20-22)32(23-12-8-6-9-13-23)24-14-10-7-11-15-24;1-28(2,3)22-16-13-20(14-17-22)21-15-18-27-25(19-21)24-11-7-8-12-26(24)29(27)23-9-5-4-6-10-23;1-26(2,3)20-13-15-25-23(17-20)22-10-6-7-11-24(22)27(25)21-14-12-18-8-4-5-9-19(18)16-21;1-22(2,3)16-12-14-17(15-13-16)23-18-8-4-6-10-20(18)24-21-11-7-5-9-19(21)23/h4-25H,1-3H3;6-21H,1-5H3;4-19H,1-3H3;4-17H,1-3H3;4-15H,1-3H3. The molecule has 0 radical (unpaired) electrons. The van der Waals surface area contributed by atoms with E-state index in [2.05, 4.69) is 627 Å². The van der Waals surface area contributed by atoms with Gasteiger partial charge < -0.3 is 23.8 Å². The van der Waals surface area contributed by atoms with E-state index in [1.165, 1.54) is 210 Å². The molecular formula is C141H131N5S. The number of nitrogens with zero attached hydrogens (tertiary/aromatic N) is 5. The largest absolute Gasteiger partial charge is 0.336 e. The summed E-state index contributed by atoms with van der Waals surface area (Å²) in [5.41, 5.74) is 38.4. The van der Waals surface area contributed by atoms with Crippen LogP contribution in [0.2, 0.25) is 0 Å². The summed E-state index contributed by atoms with van der Waals surface area (Å²) in [6.07, 6.45) is 0. The lowest BCUT2D eigenvalue weighted by molar-refractivity contribution is 0.560. The van der Waals surface area contributed by atoms with Crippen molar-refractivity contribution in [3.63, 3.8) is 0 Å². The third kappa shape index (κ3) is 20.7. The molecule has 726 valence electrons. The Morgan fingerprint density at radius 2 is 0.592 bits per heavy atom. The van der Waals surface area contributed by atoms with E-state index in [-0.39, 0.29) is 32.6 Å². The fourth-order valence-corrected chi connectivity index (χ4v) is 22.0. The summed E-state index contributed by atoms with van der Waals surface area (Å²) in [7, 11) is 0. The van der Waals surface area contributed by atoms with Gasteiger partial charge in [-0.2, -0.15) is 0 Å². The van der Waals surface area contributed by atoms with Gasteiger partial charge in [-0.15, -0.1) is 0 Å². The lowest BCUT2D eigenvalue weighted by atomic mass is 9.79. The van der Waals surface area contributed by atoms with Crippen LogP contribution >= 0.6 is 11.8 Å². The Hall–Kier alpha value is -16.0. The van der Waals surface area contributed by atoms with Crippen LogP contribution in [0.3, 0.4) is 0 Å². The van der Waals surface area contributed by atoms with E-state index in [1.54, 1.807) is 0 Å². The minimum atomic E-state index is -0.119. The maximum absolute atomic E-state index is 2.46. The fourth-order valence-electron chi connectivity index (χ4n) is 20.9. The molecule has 1 aliphatic carbocycles. The highest BCUT2D eigenvalue weighted by Gasteiger charge is 2.38. The van der Waals surface area contributed by atoms with Crippen molar-refractivity contribution >= 4 is 112 Å². The van der Waals surface area contributed by atoms with Gasteiger partial charge in [0.15, 0.2) is 0 Å². The number of rotatable bonds is 12. The second kappa shape index (κ2) is 40.9. The lowest BCUT2D eigenvalue weighted by Crippen LogP contribution is -2.37. The van der Waals surface area contributed by atoms with Gasteiger partial charge in [0.1, 0.15) is 0 Å². The van der Waals surface area contributed by atoms with Crippen molar-refractivity contribution in [2.45, 2.75) is 160 Å². The third-order valence-corrected chi connectivity index (χ3v) is 30.0. The van der Waals surface area contributed by atoms with Crippen LogP contribution in [0.4, 0.5) is 45.5 Å². The topological polar surface area (TPSA) is 19.6 Å². The summed E-state index contributed by atoms with van der Waals surface area (Å²) >= 11 is 1.85. The zero-order chi connectivity index (χ0) is 102. The maximum Gasteiger partial charge on any atom is 0.0601 e. The number of benzene rings is 20. The van der Waals surface area contributed by atoms with Gasteiger partial charge in [0.05, 0.1) is 33.4 Å². The number of fused-ring (bicyclic) bond motifs is 12. The average Bonchev–Trinajstić information content (AvgIpc) is 1.55. The molecule has 0 N–H and O–H groups in total. The van der Waals surface area contributed by atoms with E-state index in [4.69, 9.17) is 0 Å². The van der Waals surface area contributed by atoms with Crippen LogP contribution in [-0.2, 0) is 27.1 Å². The van der Waals surface area contributed by atoms with Crippen molar-refractivity contribution in [2.75, 3.05) is 14.7 Å². The second-order valence-electron chi connectivity index (χ2n) is 44.5. The summed E-state index contributed by atoms with van der Waals surface area (Å²) in [5.74, 6) is 0. The Labute approximate surface area is 874 Å². The van der Waals surface area contributed by atoms with Gasteiger partial charge in [-0.1, -0.05) is 436 Å². The summed E-state index contributed by atoms with van der Waals surface area (Å²) < 4.78 is 4.75. The third-order valence-electron chi connectivity index (χ3n) is 28.9. The second-order valence-corrected chi connectivity index (χ2v) is 45.6. The zero-order valence-corrected chi connectivity index (χ0v) is 88.6. The van der Waals surface area contributed by atoms with Crippen LogP contribution in [0.5, 0.6) is 0 Å². The average molecular weight is 1930 g/mol. The predicted octanol–water partition coefficient (Wildman–Crippen LogP) is 40.3. The van der Waals surface area contributed by atoms with E-state index in [9.17, 15) is 0 Å². The van der Waals surface area contributed by atoms with Gasteiger partial charge in [0.2, 0.25) is 0 Å². The quantitative estimate of drug-likeness (QED) is 0.121. The molecule has 6 heteroatoms. The van der Waals surface area contributed by atoms with Gasteiger partial charge >= 0.3 is 0 Å². The molecule has 2 aromatic heterocycles. The van der Waals surface area contributed by atoms with Crippen LogP contribution in [-0.4, -0.2) is 14.7 Å². The zero-order valence-electron chi connectivity index (χ0n) is 87.8. The molecule has 0 amide bonds. The molecule has 147 heavy (non-hydrogen) atoms. The highest BCUT2D eigenvalue weighted by Crippen LogP contribution is 2.55. The van der Waals surface area contributed by atoms with Gasteiger partial charge in [-0.05, 0) is 294 Å². The van der Waals surface area contributed by atoms with Gasteiger partial charge in [0.25, 0.3) is 0 Å². The van der Waals surface area contributed by atoms with E-state index < -0.39 is 0 Å². The molecule has 20 aromatic carbocycles. The molecule has 0 bridgehead atoms. The van der Waals surface area contributed by atoms with Gasteiger partial charge in [0, 0.05) is 93.4 Å². The van der Waals surface area contributed by atoms with E-state index >= 15 is 0 Å². The first-order valence-electron chi connectivity index (χ1n) is 51.8. The number of anilines is 8. The summed E-state index contributed by atoms with van der Waals surface area (Å²) in [5, 5.41) is 7.77. The van der Waals surface area contributed by atoms with Crippen molar-refractivity contribution in [2.24, 2.45) is 0 Å². The number of para-hydroxylation sites is 7. The van der Waals surface area contributed by atoms with Gasteiger partial charge in [-0.3, -0.25) is 0 Å². The molecule has 0 fully saturated rings. The van der Waals surface area contributed by atoms with Crippen LogP contribution in [0.25, 0.3) is 121 Å². The molecule has 0 spiro atoms. The minimum Gasteiger partial charge on any atom is -0.336 e. The summed E-state index contributed by atoms with van der Waals surface area (Å²) in [6.45, 7) is 38.8. The molecular weight excluding hydrogens is 1800 g/mol. The van der Waals surface area contributed by atoms with Crippen LogP contribution < -0.4 is 14.7 Å². The molecule has 0 saturated heterocycles. The van der Waals surface area contributed by atoms with Crippen LogP contribution in [0, 0.1) is 0 Å². The molecule has 22 aromatic rings. The maximum atomic E-state index is 2.46. The van der Waals surface area contributed by atoms with E-state index in [0.717, 1.165) is 0 Å². The lowest BCUT2D eigenvalue weighted by Gasteiger charge is -2.39. The van der Waals surface area contributed by atoms with Crippen molar-refractivity contribution in [1.82, 2.24) is 9.13 Å². The summed E-state index contributed by atoms with van der Waals surface area (Å²) in [6, 6.07) is 175. The molecule has 24 rings (SSSR count). The number of hydrogen-bond acceptors (Lipinski definition) is 4. The van der Waals surface area contributed by atoms with Crippen molar-refractivity contribution in [3.8, 4) is 67.0 Å².